The molecule has 0 heterocycles. The Balaban J connectivity index is 0.00000325. The SMILES string of the molecule is C1=CC(c2ccc3ccccc3c2)=[C]([Hf]([C]2=C(c3ccc4ccccc4c3)C=CC2)=[Ge]([c]2ccccc2)[c]2ccccc2)C1.Cl. The molecule has 0 amide bonds. The summed E-state index contributed by atoms with van der Waals surface area (Å²) in [4.78, 5) is 0. The summed E-state index contributed by atoms with van der Waals surface area (Å²) < 4.78 is 6.83. The normalized spacial score (nSPS) is 14.0. The van der Waals surface area contributed by atoms with Crippen LogP contribution in [0.4, 0.5) is 0 Å². The quantitative estimate of drug-likeness (QED) is 0.147. The molecule has 0 aliphatic heterocycles. The summed E-state index contributed by atoms with van der Waals surface area (Å²) in [6.45, 7) is 0. The minimum Gasteiger partial charge on any atom is -0.147 e. The van der Waals surface area contributed by atoms with Gasteiger partial charge in [0.25, 0.3) is 0 Å². The molecule has 0 N–H and O–H groups in total. The zero-order valence-electron chi connectivity index (χ0n) is 25.0. The van der Waals surface area contributed by atoms with Crippen molar-refractivity contribution in [2.45, 2.75) is 12.8 Å². The Morgan fingerprint density at radius 1 is 0.422 bits per heavy atom. The summed E-state index contributed by atoms with van der Waals surface area (Å²) in [6.07, 6.45) is 12.0. The van der Waals surface area contributed by atoms with Crippen molar-refractivity contribution in [3.8, 4) is 0 Å². The average Bonchev–Trinajstić information content (AvgIpc) is 3.78. The van der Waals surface area contributed by atoms with Crippen LogP contribution in [0.25, 0.3) is 32.7 Å². The second-order valence-electron chi connectivity index (χ2n) is 11.6. The van der Waals surface area contributed by atoms with Crippen LogP contribution in [0.1, 0.15) is 24.0 Å². The Bertz CT molecular complexity index is 2050. The van der Waals surface area contributed by atoms with Crippen LogP contribution in [0.15, 0.2) is 177 Å². The predicted molar refractivity (Wildman–Crippen MR) is 194 cm³/mol. The Morgan fingerprint density at radius 3 is 1.27 bits per heavy atom. The summed E-state index contributed by atoms with van der Waals surface area (Å²) in [5.74, 6) is 0. The molecule has 3 heteroatoms. The molecule has 0 aromatic heterocycles. The summed E-state index contributed by atoms with van der Waals surface area (Å²) in [5.41, 5.74) is 5.78. The molecular weight excluding hydrogens is 791 g/mol. The molecule has 216 valence electrons. The first kappa shape index (κ1) is 30.2. The van der Waals surface area contributed by atoms with Crippen LogP contribution in [-0.2, 0) is 18.3 Å². The van der Waals surface area contributed by atoms with E-state index in [-0.39, 0.29) is 12.4 Å². The van der Waals surface area contributed by atoms with Crippen LogP contribution < -0.4 is 8.79 Å². The van der Waals surface area contributed by atoms with E-state index in [0.29, 0.717) is 0 Å². The number of fused-ring (bicyclic) bond motifs is 2. The fourth-order valence-corrected chi connectivity index (χ4v) is 55.9. The van der Waals surface area contributed by atoms with Gasteiger partial charge in [-0.3, -0.25) is 0 Å². The molecule has 0 atom stereocenters. The van der Waals surface area contributed by atoms with Gasteiger partial charge in [0.2, 0.25) is 0 Å². The van der Waals surface area contributed by atoms with Gasteiger partial charge in [-0.2, -0.15) is 0 Å². The third-order valence-corrected chi connectivity index (χ3v) is 52.0. The average molecular weight is 824 g/mol. The van der Waals surface area contributed by atoms with Crippen molar-refractivity contribution in [1.29, 1.82) is 0 Å². The van der Waals surface area contributed by atoms with E-state index < -0.39 is 28.4 Å². The first-order valence-electron chi connectivity index (χ1n) is 15.5. The van der Waals surface area contributed by atoms with E-state index in [1.165, 1.54) is 43.8 Å². The van der Waals surface area contributed by atoms with Gasteiger partial charge < -0.3 is 0 Å². The molecule has 0 fully saturated rings. The number of benzene rings is 6. The standard InChI is InChI=1S/2C15H11.C12H10Ge.ClH.Hf/c2*1-2-6-12(5-1)15-10-9-13-7-3-4-8-14(13)11-15;1-3-7-11(8-4-1)13-12-9-5-2-6-10-12;;/h2*1,3-5,7-11H,2H2;1-10H;1H;. The molecule has 6 aromatic carbocycles. The van der Waals surface area contributed by atoms with Crippen molar-refractivity contribution in [3.05, 3.63) is 188 Å². The Kier molecular flexibility index (Phi) is 9.03. The Hall–Kier alpha value is -3.50. The molecule has 6 aromatic rings. The number of halogens is 1. The van der Waals surface area contributed by atoms with Crippen LogP contribution in [0.3, 0.4) is 0 Å². The third kappa shape index (κ3) is 5.94. The molecule has 2 aliphatic carbocycles. The number of hydrogen-bond acceptors (Lipinski definition) is 0. The van der Waals surface area contributed by atoms with Crippen molar-refractivity contribution in [3.63, 3.8) is 0 Å². The topological polar surface area (TPSA) is 0 Å². The van der Waals surface area contributed by atoms with Crippen molar-refractivity contribution in [2.24, 2.45) is 0 Å². The van der Waals surface area contributed by atoms with Crippen LogP contribution in [0.2, 0.25) is 0 Å². The van der Waals surface area contributed by atoms with E-state index >= 15 is 0 Å². The zero-order chi connectivity index (χ0) is 29.3. The van der Waals surface area contributed by atoms with Crippen molar-refractivity contribution < 1.29 is 18.3 Å². The van der Waals surface area contributed by atoms with E-state index in [2.05, 4.69) is 170 Å². The molecule has 0 radical (unpaired) electrons. The van der Waals surface area contributed by atoms with Gasteiger partial charge in [-0.15, -0.1) is 12.4 Å². The van der Waals surface area contributed by atoms with E-state index in [9.17, 15) is 0 Å². The molecular formula is C42H33ClGeHf. The van der Waals surface area contributed by atoms with Gasteiger partial charge in [-0.05, 0) is 0 Å². The van der Waals surface area contributed by atoms with E-state index in [4.69, 9.17) is 0 Å². The maximum Gasteiger partial charge on any atom is -0.147 e. The molecule has 0 saturated heterocycles. The fraction of sp³-hybridized carbons (Fsp3) is 0.0476. The molecule has 45 heavy (non-hydrogen) atoms. The minimum absolute atomic E-state index is 0. The molecule has 0 unspecified atom stereocenters. The van der Waals surface area contributed by atoms with Crippen LogP contribution in [0.5, 0.6) is 0 Å². The zero-order valence-corrected chi connectivity index (χ0v) is 31.5. The maximum atomic E-state index is 2.45. The van der Waals surface area contributed by atoms with Crippen LogP contribution in [-0.4, -0.2) is 10.1 Å². The number of rotatable bonds is 6. The molecule has 0 nitrogen and oxygen atoms in total. The first-order valence-corrected chi connectivity index (χ1v) is 31.5. The van der Waals surface area contributed by atoms with Gasteiger partial charge in [0.1, 0.15) is 0 Å². The Morgan fingerprint density at radius 2 is 0.822 bits per heavy atom. The van der Waals surface area contributed by atoms with E-state index in [0.717, 1.165) is 12.8 Å². The number of allylic oxidation sites excluding steroid dienone is 8. The smallest absolute Gasteiger partial charge is 0.147 e. The third-order valence-electron chi connectivity index (χ3n) is 8.96. The van der Waals surface area contributed by atoms with Crippen molar-refractivity contribution in [1.82, 2.24) is 0 Å². The number of hydrogen-bond donors (Lipinski definition) is 0. The summed E-state index contributed by atoms with van der Waals surface area (Å²) in [7, 11) is -1.97. The summed E-state index contributed by atoms with van der Waals surface area (Å²) in [5, 5.41) is 5.27. The predicted octanol–water partition coefficient (Wildman–Crippen LogP) is 9.88. The van der Waals surface area contributed by atoms with Gasteiger partial charge in [0.05, 0.1) is 0 Å². The fourth-order valence-electron chi connectivity index (χ4n) is 6.89. The van der Waals surface area contributed by atoms with Crippen LogP contribution >= 0.6 is 12.4 Å². The molecule has 0 spiro atoms. The van der Waals surface area contributed by atoms with Gasteiger partial charge in [-0.25, -0.2) is 0 Å². The van der Waals surface area contributed by atoms with Gasteiger partial charge in [0.15, 0.2) is 0 Å². The van der Waals surface area contributed by atoms with Gasteiger partial charge in [0, 0.05) is 0 Å². The minimum atomic E-state index is -2.78. The van der Waals surface area contributed by atoms with Crippen molar-refractivity contribution >= 4 is 63.9 Å². The molecule has 0 bridgehead atoms. The molecule has 0 saturated carbocycles. The van der Waals surface area contributed by atoms with Gasteiger partial charge >= 0.3 is 270 Å². The van der Waals surface area contributed by atoms with E-state index in [1.54, 1.807) is 15.5 Å². The maximum absolute atomic E-state index is 2.78. The second-order valence-corrected chi connectivity index (χ2v) is 40.6. The van der Waals surface area contributed by atoms with Crippen molar-refractivity contribution in [2.75, 3.05) is 0 Å². The summed E-state index contributed by atoms with van der Waals surface area (Å²) >= 11 is -2.78. The second kappa shape index (κ2) is 13.5. The van der Waals surface area contributed by atoms with Gasteiger partial charge in [-0.1, -0.05) is 0 Å². The monoisotopic (exact) mass is 826 g/mol. The summed E-state index contributed by atoms with van der Waals surface area (Å²) in [6, 6.07) is 55.0. The molecule has 2 aliphatic rings. The van der Waals surface area contributed by atoms with E-state index in [1.807, 2.05) is 0 Å². The first-order chi connectivity index (χ1) is 21.8. The van der Waals surface area contributed by atoms with Crippen LogP contribution in [0, 0.1) is 0 Å². The molecule has 8 rings (SSSR count). The Labute approximate surface area is 280 Å². The largest absolute Gasteiger partial charge is 0.147 e.